The maximum Gasteiger partial charge on any atom is 0.267 e. The first kappa shape index (κ1) is 18.4. The predicted octanol–water partition coefficient (Wildman–Crippen LogP) is 3.88. The van der Waals surface area contributed by atoms with Gasteiger partial charge in [-0.05, 0) is 37.3 Å². The zero-order valence-corrected chi connectivity index (χ0v) is 15.5. The Labute approximate surface area is 151 Å². The van der Waals surface area contributed by atoms with Crippen LogP contribution in [-0.2, 0) is 4.79 Å². The minimum atomic E-state index is -0.719. The molecule has 0 aliphatic heterocycles. The first-order chi connectivity index (χ1) is 11.3. The molecule has 0 saturated carbocycles. The van der Waals surface area contributed by atoms with E-state index in [1.54, 1.807) is 44.4 Å². The first-order valence-electron chi connectivity index (χ1n) is 7.33. The number of hydrogen-bond acceptors (Lipinski definition) is 4. The molecule has 7 heteroatoms. The second kappa shape index (κ2) is 7.73. The van der Waals surface area contributed by atoms with Gasteiger partial charge in [0.05, 0.1) is 10.7 Å². The molecule has 0 bridgehead atoms. The molecule has 24 heavy (non-hydrogen) atoms. The quantitative estimate of drug-likeness (QED) is 0.804. The number of nitrogens with zero attached hydrogens (tertiary/aromatic N) is 3. The lowest BCUT2D eigenvalue weighted by molar-refractivity contribution is -0.124. The minimum absolute atomic E-state index is 0.211. The molecule has 0 radical (unpaired) electrons. The number of anilines is 2. The summed E-state index contributed by atoms with van der Waals surface area (Å²) in [6.45, 7) is 1.68. The molecular formula is C17H19Cl2N3O2. The lowest BCUT2D eigenvalue weighted by Gasteiger charge is -2.25. The number of amides is 1. The molecule has 128 valence electrons. The van der Waals surface area contributed by atoms with Crippen LogP contribution < -0.4 is 14.5 Å². The van der Waals surface area contributed by atoms with Crippen molar-refractivity contribution in [3.63, 3.8) is 0 Å². The van der Waals surface area contributed by atoms with Crippen molar-refractivity contribution in [2.75, 3.05) is 30.9 Å². The van der Waals surface area contributed by atoms with Crippen LogP contribution in [0.2, 0.25) is 10.0 Å². The van der Waals surface area contributed by atoms with Gasteiger partial charge in [-0.3, -0.25) is 4.79 Å². The first-order valence-corrected chi connectivity index (χ1v) is 8.08. The van der Waals surface area contributed by atoms with Gasteiger partial charge in [-0.25, -0.2) is 4.98 Å². The fourth-order valence-electron chi connectivity index (χ4n) is 2.20. The van der Waals surface area contributed by atoms with E-state index in [9.17, 15) is 4.79 Å². The van der Waals surface area contributed by atoms with Crippen LogP contribution in [0.25, 0.3) is 0 Å². The van der Waals surface area contributed by atoms with Gasteiger partial charge in [-0.1, -0.05) is 23.2 Å². The summed E-state index contributed by atoms with van der Waals surface area (Å²) < 4.78 is 5.69. The molecule has 0 aliphatic carbocycles. The smallest absolute Gasteiger partial charge is 0.267 e. The number of hydrogen-bond donors (Lipinski definition) is 0. The Morgan fingerprint density at radius 1 is 1.21 bits per heavy atom. The SMILES string of the molecule is C[C@H](Oc1ccc(Cl)cc1Cl)C(=O)N(C)c1cccnc1N(C)C. The topological polar surface area (TPSA) is 45.7 Å². The fourth-order valence-corrected chi connectivity index (χ4v) is 2.65. The van der Waals surface area contributed by atoms with Crippen molar-refractivity contribution in [2.45, 2.75) is 13.0 Å². The average molecular weight is 368 g/mol. The summed E-state index contributed by atoms with van der Waals surface area (Å²) in [5, 5.41) is 0.870. The van der Waals surface area contributed by atoms with Crippen LogP contribution in [0.1, 0.15) is 6.92 Å². The number of likely N-dealkylation sites (N-methyl/N-ethyl adjacent to an activating group) is 1. The standard InChI is InChI=1S/C17H19Cl2N3O2/c1-11(24-15-8-7-12(18)10-13(15)19)17(23)22(4)14-6-5-9-20-16(14)21(2)3/h5-11H,1-4H3/t11-/m0/s1. The zero-order valence-electron chi connectivity index (χ0n) is 14.0. The van der Waals surface area contributed by atoms with Crippen LogP contribution in [-0.4, -0.2) is 38.1 Å². The second-order valence-electron chi connectivity index (χ2n) is 5.47. The van der Waals surface area contributed by atoms with Crippen LogP contribution >= 0.6 is 23.2 Å². The molecule has 0 N–H and O–H groups in total. The normalized spacial score (nSPS) is 11.8. The van der Waals surface area contributed by atoms with E-state index < -0.39 is 6.10 Å². The molecule has 1 heterocycles. The maximum atomic E-state index is 12.7. The Hall–Kier alpha value is -1.98. The lowest BCUT2D eigenvalue weighted by Crippen LogP contribution is -2.38. The molecule has 2 aromatic rings. The van der Waals surface area contributed by atoms with Crippen molar-refractivity contribution >= 4 is 40.6 Å². The van der Waals surface area contributed by atoms with Crippen LogP contribution in [0.3, 0.4) is 0 Å². The summed E-state index contributed by atoms with van der Waals surface area (Å²) in [6, 6.07) is 8.50. The highest BCUT2D eigenvalue weighted by Gasteiger charge is 2.23. The third-order valence-electron chi connectivity index (χ3n) is 3.43. The molecule has 0 spiro atoms. The summed E-state index contributed by atoms with van der Waals surface area (Å²) in [5.74, 6) is 0.900. The number of rotatable bonds is 5. The fraction of sp³-hybridized carbons (Fsp3) is 0.294. The summed E-state index contributed by atoms with van der Waals surface area (Å²) in [6.07, 6.45) is 0.966. The maximum absolute atomic E-state index is 12.7. The number of pyridine rings is 1. The number of aromatic nitrogens is 1. The van der Waals surface area contributed by atoms with Crippen LogP contribution in [0, 0.1) is 0 Å². The van der Waals surface area contributed by atoms with Crippen LogP contribution in [0.5, 0.6) is 5.75 Å². The molecule has 0 unspecified atom stereocenters. The molecule has 0 saturated heterocycles. The van der Waals surface area contributed by atoms with Gasteiger partial charge in [-0.2, -0.15) is 0 Å². The Morgan fingerprint density at radius 3 is 2.54 bits per heavy atom. The highest BCUT2D eigenvalue weighted by Crippen LogP contribution is 2.29. The predicted molar refractivity (Wildman–Crippen MR) is 98.5 cm³/mol. The average Bonchev–Trinajstić information content (AvgIpc) is 2.55. The number of halogens is 2. The highest BCUT2D eigenvalue weighted by atomic mass is 35.5. The molecular weight excluding hydrogens is 349 g/mol. The third kappa shape index (κ3) is 4.10. The van der Waals surface area contributed by atoms with E-state index in [1.165, 1.54) is 4.90 Å². The van der Waals surface area contributed by atoms with Gasteiger partial charge >= 0.3 is 0 Å². The van der Waals surface area contributed by atoms with Crippen molar-refractivity contribution in [1.82, 2.24) is 4.98 Å². The van der Waals surface area contributed by atoms with E-state index in [4.69, 9.17) is 27.9 Å². The summed E-state index contributed by atoms with van der Waals surface area (Å²) in [4.78, 5) is 20.4. The van der Waals surface area contributed by atoms with Crippen LogP contribution in [0.15, 0.2) is 36.5 Å². The zero-order chi connectivity index (χ0) is 17.9. The Bertz CT molecular complexity index is 738. The number of carbonyl (C=O) groups excluding carboxylic acids is 1. The van der Waals surface area contributed by atoms with Gasteiger partial charge in [0.25, 0.3) is 5.91 Å². The van der Waals surface area contributed by atoms with E-state index in [1.807, 2.05) is 25.1 Å². The molecule has 1 aromatic heterocycles. The van der Waals surface area contributed by atoms with Gasteiger partial charge in [0.1, 0.15) is 5.75 Å². The molecule has 1 aromatic carbocycles. The monoisotopic (exact) mass is 367 g/mol. The molecule has 0 fully saturated rings. The molecule has 1 atom stereocenters. The van der Waals surface area contributed by atoms with E-state index in [-0.39, 0.29) is 5.91 Å². The van der Waals surface area contributed by atoms with Crippen molar-refractivity contribution in [3.05, 3.63) is 46.6 Å². The molecule has 1 amide bonds. The van der Waals surface area contributed by atoms with E-state index in [0.29, 0.717) is 27.3 Å². The van der Waals surface area contributed by atoms with E-state index in [2.05, 4.69) is 4.98 Å². The van der Waals surface area contributed by atoms with Crippen molar-refractivity contribution < 1.29 is 9.53 Å². The van der Waals surface area contributed by atoms with Gasteiger partial charge < -0.3 is 14.5 Å². The molecule has 5 nitrogen and oxygen atoms in total. The number of ether oxygens (including phenoxy) is 1. The van der Waals surface area contributed by atoms with Crippen molar-refractivity contribution in [1.29, 1.82) is 0 Å². The molecule has 2 rings (SSSR count). The minimum Gasteiger partial charge on any atom is -0.479 e. The van der Waals surface area contributed by atoms with Gasteiger partial charge in [0, 0.05) is 32.4 Å². The number of benzene rings is 1. The summed E-state index contributed by atoms with van der Waals surface area (Å²) >= 11 is 12.0. The Kier molecular flexibility index (Phi) is 5.91. The second-order valence-corrected chi connectivity index (χ2v) is 6.32. The highest BCUT2D eigenvalue weighted by molar-refractivity contribution is 6.35. The third-order valence-corrected chi connectivity index (χ3v) is 3.96. The Balaban J connectivity index is 2.18. The summed E-state index contributed by atoms with van der Waals surface area (Å²) in [5.41, 5.74) is 0.699. The van der Waals surface area contributed by atoms with Gasteiger partial charge in [0.15, 0.2) is 11.9 Å². The van der Waals surface area contributed by atoms with E-state index >= 15 is 0 Å². The van der Waals surface area contributed by atoms with Crippen molar-refractivity contribution in [2.24, 2.45) is 0 Å². The Morgan fingerprint density at radius 2 is 1.92 bits per heavy atom. The van der Waals surface area contributed by atoms with E-state index in [0.717, 1.165) is 0 Å². The largest absolute Gasteiger partial charge is 0.479 e. The van der Waals surface area contributed by atoms with Crippen molar-refractivity contribution in [3.8, 4) is 5.75 Å². The lowest BCUT2D eigenvalue weighted by atomic mass is 10.2. The number of carbonyl (C=O) groups is 1. The summed E-state index contributed by atoms with van der Waals surface area (Å²) in [7, 11) is 5.44. The van der Waals surface area contributed by atoms with Crippen LogP contribution in [0.4, 0.5) is 11.5 Å². The molecule has 0 aliphatic rings. The van der Waals surface area contributed by atoms with Gasteiger partial charge in [0.2, 0.25) is 0 Å². The van der Waals surface area contributed by atoms with Gasteiger partial charge in [-0.15, -0.1) is 0 Å².